The fraction of sp³-hybridized carbons (Fsp3) is 0.364. The number of fused-ring (bicyclic) bond motifs is 2. The van der Waals surface area contributed by atoms with Crippen molar-refractivity contribution >= 4 is 17.7 Å². The number of amides is 3. The predicted molar refractivity (Wildman–Crippen MR) is 163 cm³/mol. The lowest BCUT2D eigenvalue weighted by atomic mass is 9.98. The zero-order valence-corrected chi connectivity index (χ0v) is 25.2. The third kappa shape index (κ3) is 11.6. The van der Waals surface area contributed by atoms with E-state index in [0.717, 1.165) is 35.2 Å². The van der Waals surface area contributed by atoms with Crippen LogP contribution < -0.4 is 16.4 Å². The summed E-state index contributed by atoms with van der Waals surface area (Å²) < 4.78 is 0. The summed E-state index contributed by atoms with van der Waals surface area (Å²) in [5.41, 5.74) is 13.1. The number of hydrogen-bond donors (Lipinski definition) is 3. The zero-order valence-electron chi connectivity index (χ0n) is 25.2. The Balaban J connectivity index is 0.000000508. The predicted octanol–water partition coefficient (Wildman–Crippen LogP) is 6.69. The number of carbonyl (C=O) groups excluding carboxylic acids is 3. The maximum atomic E-state index is 11.3. The summed E-state index contributed by atoms with van der Waals surface area (Å²) in [5, 5.41) is 5.59. The van der Waals surface area contributed by atoms with Crippen LogP contribution in [-0.4, -0.2) is 24.3 Å². The number of nitrogens with two attached hydrogens (primary N) is 1. The minimum absolute atomic E-state index is 0.0556. The van der Waals surface area contributed by atoms with Crippen LogP contribution in [0.1, 0.15) is 100 Å². The molecule has 0 atom stereocenters. The Hall–Kier alpha value is -3.93. The van der Waals surface area contributed by atoms with Crippen LogP contribution >= 0.6 is 0 Å². The van der Waals surface area contributed by atoms with Crippen molar-refractivity contribution in [3.8, 4) is 0 Å². The summed E-state index contributed by atoms with van der Waals surface area (Å²) >= 11 is 0. The van der Waals surface area contributed by atoms with E-state index >= 15 is 0 Å². The normalized spacial score (nSPS) is 11.6. The van der Waals surface area contributed by atoms with E-state index in [0.29, 0.717) is 12.1 Å². The Morgan fingerprint density at radius 1 is 0.641 bits per heavy atom. The molecule has 0 fully saturated rings. The molecule has 0 saturated heterocycles. The number of rotatable bonds is 1. The van der Waals surface area contributed by atoms with Crippen LogP contribution in [0.4, 0.5) is 0 Å². The Labute approximate surface area is 235 Å². The lowest BCUT2D eigenvalue weighted by Gasteiger charge is -2.16. The standard InChI is InChI=1S/C10H11NO.C9H9NO.C8H9NO.3C2H6/c1-7-2-3-9-8(6-7)4-5-11-10(9)12;1-6-2-3-8-7(4-6)5-10-9(8)11;1-6-2-4-7(5-3-6)8(9)10;3*1-2/h2-3,6H,4-5H2,1H3,(H,11,12);2-4H,5H2,1H3,(H,10,11);2-5H,1H3,(H2,9,10);3*1-2H3. The molecule has 4 N–H and O–H groups in total. The smallest absolute Gasteiger partial charge is 0.251 e. The first-order valence-electron chi connectivity index (χ1n) is 13.9. The molecule has 3 aromatic carbocycles. The first-order chi connectivity index (χ1) is 18.7. The van der Waals surface area contributed by atoms with Gasteiger partial charge in [-0.15, -0.1) is 0 Å². The molecule has 2 aliphatic heterocycles. The van der Waals surface area contributed by atoms with Gasteiger partial charge in [0.15, 0.2) is 0 Å². The average Bonchev–Trinajstić information content (AvgIpc) is 3.32. The molecule has 0 unspecified atom stereocenters. The van der Waals surface area contributed by atoms with Crippen LogP contribution in [0.15, 0.2) is 60.7 Å². The van der Waals surface area contributed by atoms with Crippen LogP contribution in [0.25, 0.3) is 0 Å². The van der Waals surface area contributed by atoms with Crippen LogP contribution in [0.3, 0.4) is 0 Å². The highest BCUT2D eigenvalue weighted by molar-refractivity contribution is 5.98. The summed E-state index contributed by atoms with van der Waals surface area (Å²) in [6.07, 6.45) is 0.961. The van der Waals surface area contributed by atoms with Gasteiger partial charge in [0.25, 0.3) is 11.8 Å². The molecular formula is C33H47N3O3. The molecule has 6 heteroatoms. The monoisotopic (exact) mass is 533 g/mol. The Morgan fingerprint density at radius 3 is 1.59 bits per heavy atom. The molecule has 0 spiro atoms. The minimum atomic E-state index is -0.375. The molecule has 6 nitrogen and oxygen atoms in total. The third-order valence-corrected chi connectivity index (χ3v) is 5.47. The van der Waals surface area contributed by atoms with Crippen LogP contribution in [0.2, 0.25) is 0 Å². The van der Waals surface area contributed by atoms with Crippen molar-refractivity contribution in [2.45, 2.75) is 75.3 Å². The van der Waals surface area contributed by atoms with Gasteiger partial charge in [0.05, 0.1) is 0 Å². The molecule has 212 valence electrons. The van der Waals surface area contributed by atoms with Gasteiger partial charge in [-0.1, -0.05) is 94.6 Å². The molecular weight excluding hydrogens is 486 g/mol. The fourth-order valence-electron chi connectivity index (χ4n) is 3.64. The number of benzene rings is 3. The molecule has 39 heavy (non-hydrogen) atoms. The van der Waals surface area contributed by atoms with Crippen molar-refractivity contribution in [2.75, 3.05) is 6.54 Å². The van der Waals surface area contributed by atoms with E-state index in [1.807, 2.05) is 105 Å². The van der Waals surface area contributed by atoms with Gasteiger partial charge in [0, 0.05) is 29.8 Å². The second kappa shape index (κ2) is 19.2. The van der Waals surface area contributed by atoms with Gasteiger partial charge in [-0.05, 0) is 62.6 Å². The van der Waals surface area contributed by atoms with Gasteiger partial charge in [-0.25, -0.2) is 0 Å². The van der Waals surface area contributed by atoms with E-state index in [-0.39, 0.29) is 17.7 Å². The highest BCUT2D eigenvalue weighted by Gasteiger charge is 2.17. The van der Waals surface area contributed by atoms with Crippen LogP contribution in [0, 0.1) is 20.8 Å². The molecule has 5 rings (SSSR count). The van der Waals surface area contributed by atoms with E-state index in [2.05, 4.69) is 16.7 Å². The van der Waals surface area contributed by atoms with Crippen molar-refractivity contribution in [1.29, 1.82) is 0 Å². The molecule has 2 aliphatic rings. The summed E-state index contributed by atoms with van der Waals surface area (Å²) in [6, 6.07) is 19.0. The Morgan fingerprint density at radius 2 is 1.08 bits per heavy atom. The van der Waals surface area contributed by atoms with E-state index in [1.54, 1.807) is 12.1 Å². The molecule has 0 radical (unpaired) electrons. The second-order valence-corrected chi connectivity index (χ2v) is 8.24. The van der Waals surface area contributed by atoms with Gasteiger partial charge in [-0.3, -0.25) is 14.4 Å². The first-order valence-corrected chi connectivity index (χ1v) is 13.9. The molecule has 0 saturated carbocycles. The number of hydrogen-bond acceptors (Lipinski definition) is 3. The number of nitrogens with one attached hydrogen (secondary N) is 2. The highest BCUT2D eigenvalue weighted by atomic mass is 16.2. The molecule has 3 aromatic rings. The maximum absolute atomic E-state index is 11.3. The Bertz CT molecular complexity index is 1190. The van der Waals surface area contributed by atoms with Crippen molar-refractivity contribution in [2.24, 2.45) is 5.73 Å². The van der Waals surface area contributed by atoms with Crippen LogP contribution in [-0.2, 0) is 13.0 Å². The highest BCUT2D eigenvalue weighted by Crippen LogP contribution is 2.16. The Kier molecular flexibility index (Phi) is 17.3. The molecule has 0 aromatic heterocycles. The number of primary amides is 1. The summed E-state index contributed by atoms with van der Waals surface area (Å²) in [7, 11) is 0. The van der Waals surface area contributed by atoms with Gasteiger partial charge < -0.3 is 16.4 Å². The number of aryl methyl sites for hydroxylation is 3. The van der Waals surface area contributed by atoms with E-state index in [1.165, 1.54) is 16.7 Å². The van der Waals surface area contributed by atoms with E-state index in [4.69, 9.17) is 5.73 Å². The van der Waals surface area contributed by atoms with Gasteiger partial charge in [0.1, 0.15) is 0 Å². The lowest BCUT2D eigenvalue weighted by molar-refractivity contribution is 0.0942. The number of carbonyl (C=O) groups is 3. The summed E-state index contributed by atoms with van der Waals surface area (Å²) in [4.78, 5) is 32.9. The van der Waals surface area contributed by atoms with Crippen molar-refractivity contribution < 1.29 is 14.4 Å². The summed E-state index contributed by atoms with van der Waals surface area (Å²) in [5.74, 6) is -0.253. The van der Waals surface area contributed by atoms with Gasteiger partial charge >= 0.3 is 0 Å². The fourth-order valence-corrected chi connectivity index (χ4v) is 3.64. The topological polar surface area (TPSA) is 101 Å². The maximum Gasteiger partial charge on any atom is 0.251 e. The minimum Gasteiger partial charge on any atom is -0.366 e. The quantitative estimate of drug-likeness (QED) is 0.325. The average molecular weight is 534 g/mol. The molecule has 0 aliphatic carbocycles. The first kappa shape index (κ1) is 35.1. The van der Waals surface area contributed by atoms with Crippen LogP contribution in [0.5, 0.6) is 0 Å². The van der Waals surface area contributed by atoms with Crippen molar-refractivity contribution in [1.82, 2.24) is 10.6 Å². The molecule has 0 bridgehead atoms. The van der Waals surface area contributed by atoms with Crippen molar-refractivity contribution in [3.05, 3.63) is 105 Å². The lowest BCUT2D eigenvalue weighted by Crippen LogP contribution is -2.31. The third-order valence-electron chi connectivity index (χ3n) is 5.47. The second-order valence-electron chi connectivity index (χ2n) is 8.24. The van der Waals surface area contributed by atoms with E-state index < -0.39 is 0 Å². The largest absolute Gasteiger partial charge is 0.366 e. The summed E-state index contributed by atoms with van der Waals surface area (Å²) in [6.45, 7) is 19.5. The van der Waals surface area contributed by atoms with Gasteiger partial charge in [0.2, 0.25) is 5.91 Å². The van der Waals surface area contributed by atoms with Crippen molar-refractivity contribution in [3.63, 3.8) is 0 Å². The molecule has 3 amide bonds. The zero-order chi connectivity index (χ0) is 30.0. The van der Waals surface area contributed by atoms with Gasteiger partial charge in [-0.2, -0.15) is 0 Å². The SMILES string of the molecule is CC.CC.CC.Cc1ccc(C(N)=O)cc1.Cc1ccc2c(c1)CCNC2=O.Cc1ccc2c(c1)CNC2=O. The molecule has 2 heterocycles. The van der Waals surface area contributed by atoms with E-state index in [9.17, 15) is 14.4 Å².